The van der Waals surface area contributed by atoms with Gasteiger partial charge in [0.25, 0.3) is 5.91 Å². The van der Waals surface area contributed by atoms with Crippen molar-refractivity contribution in [2.24, 2.45) is 0 Å². The van der Waals surface area contributed by atoms with Gasteiger partial charge in [-0.1, -0.05) is 0 Å². The minimum absolute atomic E-state index is 0.00291. The van der Waals surface area contributed by atoms with Crippen LogP contribution in [0.4, 0.5) is 0 Å². The molecule has 168 valence electrons. The zero-order valence-corrected chi connectivity index (χ0v) is 18.5. The largest absolute Gasteiger partial charge is 0.480 e. The maximum atomic E-state index is 12.9. The Labute approximate surface area is 185 Å². The Hall–Kier alpha value is -3.49. The third-order valence-electron chi connectivity index (χ3n) is 5.74. The number of aryl methyl sites for hydroxylation is 2. The summed E-state index contributed by atoms with van der Waals surface area (Å²) < 4.78 is 12.8. The summed E-state index contributed by atoms with van der Waals surface area (Å²) in [4.78, 5) is 38.6. The summed E-state index contributed by atoms with van der Waals surface area (Å²) in [7, 11) is 1.53. The zero-order chi connectivity index (χ0) is 22.7. The monoisotopic (exact) mass is 437 g/mol. The van der Waals surface area contributed by atoms with Gasteiger partial charge in [0.15, 0.2) is 0 Å². The Kier molecular flexibility index (Phi) is 6.34. The Bertz CT molecular complexity index is 1180. The van der Waals surface area contributed by atoms with Crippen molar-refractivity contribution in [2.75, 3.05) is 7.11 Å². The van der Waals surface area contributed by atoms with Crippen LogP contribution in [0.3, 0.4) is 0 Å². The Morgan fingerprint density at radius 1 is 1.16 bits per heavy atom. The van der Waals surface area contributed by atoms with Gasteiger partial charge in [0, 0.05) is 24.5 Å². The van der Waals surface area contributed by atoms with Crippen LogP contribution in [0, 0.1) is 6.92 Å². The number of ether oxygens (including phenoxy) is 2. The average Bonchev–Trinajstić information content (AvgIpc) is 2.80. The van der Waals surface area contributed by atoms with E-state index in [1.54, 1.807) is 24.5 Å². The molecular formula is C23H27N5O4. The van der Waals surface area contributed by atoms with Crippen LogP contribution < -0.4 is 20.2 Å². The molecule has 4 rings (SSSR count). The highest BCUT2D eigenvalue weighted by molar-refractivity contribution is 5.97. The van der Waals surface area contributed by atoms with Gasteiger partial charge in [-0.2, -0.15) is 4.98 Å². The fraction of sp³-hybridized carbons (Fsp3) is 0.435. The van der Waals surface area contributed by atoms with Crippen molar-refractivity contribution in [3.8, 4) is 11.8 Å². The summed E-state index contributed by atoms with van der Waals surface area (Å²) in [5, 5.41) is 3.49. The van der Waals surface area contributed by atoms with E-state index in [0.29, 0.717) is 29.3 Å². The van der Waals surface area contributed by atoms with Crippen molar-refractivity contribution in [1.29, 1.82) is 0 Å². The summed E-state index contributed by atoms with van der Waals surface area (Å²) in [6, 6.07) is 3.52. The maximum Gasteiger partial charge on any atom is 0.256 e. The second kappa shape index (κ2) is 9.33. The van der Waals surface area contributed by atoms with E-state index in [1.165, 1.54) is 13.3 Å². The molecule has 9 nitrogen and oxygen atoms in total. The summed E-state index contributed by atoms with van der Waals surface area (Å²) in [5.74, 6) is 0.488. The molecule has 0 bridgehead atoms. The van der Waals surface area contributed by atoms with Crippen molar-refractivity contribution in [3.63, 3.8) is 0 Å². The van der Waals surface area contributed by atoms with E-state index >= 15 is 0 Å². The Morgan fingerprint density at radius 2 is 1.91 bits per heavy atom. The summed E-state index contributed by atoms with van der Waals surface area (Å²) in [5.41, 5.74) is 1.29. The molecule has 0 atom stereocenters. The van der Waals surface area contributed by atoms with Gasteiger partial charge in [-0.05, 0) is 51.7 Å². The quantitative estimate of drug-likeness (QED) is 0.631. The van der Waals surface area contributed by atoms with Gasteiger partial charge in [0.1, 0.15) is 17.3 Å². The highest BCUT2D eigenvalue weighted by atomic mass is 16.5. The molecule has 0 unspecified atom stereocenters. The molecule has 1 N–H and O–H groups in total. The van der Waals surface area contributed by atoms with Gasteiger partial charge in [0.05, 0.1) is 24.9 Å². The zero-order valence-electron chi connectivity index (χ0n) is 18.5. The smallest absolute Gasteiger partial charge is 0.256 e. The minimum Gasteiger partial charge on any atom is -0.480 e. The molecule has 3 aromatic rings. The molecule has 0 spiro atoms. The summed E-state index contributed by atoms with van der Waals surface area (Å²) in [6.07, 6.45) is 7.74. The van der Waals surface area contributed by atoms with E-state index in [-0.39, 0.29) is 29.0 Å². The molecule has 3 aromatic heterocycles. The number of hydrogen-bond acceptors (Lipinski definition) is 7. The van der Waals surface area contributed by atoms with E-state index in [4.69, 9.17) is 9.47 Å². The number of nitrogens with one attached hydrogen (secondary N) is 1. The lowest BCUT2D eigenvalue weighted by atomic mass is 9.92. The van der Waals surface area contributed by atoms with Gasteiger partial charge in [-0.25, -0.2) is 4.98 Å². The van der Waals surface area contributed by atoms with Crippen LogP contribution in [0.2, 0.25) is 0 Å². The topological polar surface area (TPSA) is 108 Å². The molecule has 9 heteroatoms. The van der Waals surface area contributed by atoms with Gasteiger partial charge in [-0.3, -0.25) is 14.6 Å². The van der Waals surface area contributed by atoms with Crippen molar-refractivity contribution < 1.29 is 14.3 Å². The second-order valence-corrected chi connectivity index (χ2v) is 7.95. The number of amides is 1. The highest BCUT2D eigenvalue weighted by Gasteiger charge is 2.26. The Balaban J connectivity index is 1.42. The van der Waals surface area contributed by atoms with Crippen LogP contribution in [0.25, 0.3) is 11.0 Å². The van der Waals surface area contributed by atoms with E-state index in [0.717, 1.165) is 31.4 Å². The third-order valence-corrected chi connectivity index (χ3v) is 5.74. The first-order valence-electron chi connectivity index (χ1n) is 10.8. The lowest BCUT2D eigenvalue weighted by molar-refractivity contribution is 0.0887. The number of methoxy groups -OCH3 is 1. The molecule has 0 radical (unpaired) electrons. The van der Waals surface area contributed by atoms with Crippen LogP contribution in [-0.4, -0.2) is 44.7 Å². The number of carbonyl (C=O) groups excluding carboxylic acids is 1. The van der Waals surface area contributed by atoms with Crippen molar-refractivity contribution in [1.82, 2.24) is 24.8 Å². The Morgan fingerprint density at radius 3 is 2.62 bits per heavy atom. The molecule has 1 aliphatic carbocycles. The van der Waals surface area contributed by atoms with Crippen LogP contribution in [0.1, 0.15) is 48.7 Å². The molecule has 0 aliphatic heterocycles. The average molecular weight is 438 g/mol. The number of pyridine rings is 2. The molecule has 3 heterocycles. The fourth-order valence-corrected chi connectivity index (χ4v) is 4.01. The van der Waals surface area contributed by atoms with Gasteiger partial charge < -0.3 is 19.4 Å². The number of carbonyl (C=O) groups is 1. The first-order chi connectivity index (χ1) is 15.5. The fourth-order valence-electron chi connectivity index (χ4n) is 4.01. The maximum absolute atomic E-state index is 12.9. The minimum atomic E-state index is -0.345. The van der Waals surface area contributed by atoms with Crippen molar-refractivity contribution in [2.45, 2.75) is 58.2 Å². The van der Waals surface area contributed by atoms with E-state index in [1.807, 2.05) is 18.4 Å². The predicted octanol–water partition coefficient (Wildman–Crippen LogP) is 2.64. The standard InChI is InChI=1S/C23H27N5O4/c1-4-28-13-18(21(29)17-10-5-14(2)25-22(17)28)23(30)26-15-6-8-16(9-7-15)32-20-12-24-11-19(27-20)31-3/h5,10-13,15-16H,4,6-9H2,1-3H3,(H,26,30). The molecule has 1 amide bonds. The van der Waals surface area contributed by atoms with Gasteiger partial charge in [-0.15, -0.1) is 0 Å². The van der Waals surface area contributed by atoms with E-state index in [2.05, 4.69) is 20.3 Å². The first-order valence-corrected chi connectivity index (χ1v) is 10.8. The summed E-state index contributed by atoms with van der Waals surface area (Å²) >= 11 is 0. The van der Waals surface area contributed by atoms with Crippen LogP contribution in [0.15, 0.2) is 35.5 Å². The van der Waals surface area contributed by atoms with E-state index in [9.17, 15) is 9.59 Å². The van der Waals surface area contributed by atoms with Crippen LogP contribution in [-0.2, 0) is 6.54 Å². The molecule has 1 fully saturated rings. The molecule has 32 heavy (non-hydrogen) atoms. The lowest BCUT2D eigenvalue weighted by Crippen LogP contribution is -2.41. The SMILES string of the molecule is CCn1cc(C(=O)NC2CCC(Oc3cncc(OC)n3)CC2)c(=O)c2ccc(C)nc21. The van der Waals surface area contributed by atoms with Crippen molar-refractivity contribution in [3.05, 3.63) is 52.2 Å². The molecule has 1 saturated carbocycles. The second-order valence-electron chi connectivity index (χ2n) is 7.95. The number of nitrogens with zero attached hydrogens (tertiary/aromatic N) is 4. The van der Waals surface area contributed by atoms with E-state index < -0.39 is 0 Å². The molecule has 0 aromatic carbocycles. The van der Waals surface area contributed by atoms with Crippen molar-refractivity contribution >= 4 is 16.9 Å². The number of rotatable bonds is 6. The number of hydrogen-bond donors (Lipinski definition) is 1. The number of aromatic nitrogens is 4. The predicted molar refractivity (Wildman–Crippen MR) is 119 cm³/mol. The molecule has 1 aliphatic rings. The van der Waals surface area contributed by atoms with Gasteiger partial charge >= 0.3 is 0 Å². The molecule has 0 saturated heterocycles. The highest BCUT2D eigenvalue weighted by Crippen LogP contribution is 2.24. The lowest BCUT2D eigenvalue weighted by Gasteiger charge is -2.29. The molecular weight excluding hydrogens is 410 g/mol. The first kappa shape index (κ1) is 21.7. The summed E-state index contributed by atoms with van der Waals surface area (Å²) in [6.45, 7) is 4.46. The third kappa shape index (κ3) is 4.56. The van der Waals surface area contributed by atoms with Crippen LogP contribution >= 0.6 is 0 Å². The number of fused-ring (bicyclic) bond motifs is 1. The van der Waals surface area contributed by atoms with Crippen LogP contribution in [0.5, 0.6) is 11.8 Å². The normalized spacial score (nSPS) is 18.3. The van der Waals surface area contributed by atoms with Gasteiger partial charge in [0.2, 0.25) is 17.2 Å².